The third kappa shape index (κ3) is 5.50. The Balaban J connectivity index is 1.65. The van der Waals surface area contributed by atoms with Crippen molar-refractivity contribution >= 4 is 5.97 Å². The van der Waals surface area contributed by atoms with E-state index in [1.165, 1.54) is 18.4 Å². The first-order valence-corrected chi connectivity index (χ1v) is 8.22. The van der Waals surface area contributed by atoms with Crippen LogP contribution in [0, 0.1) is 5.92 Å². The largest absolute Gasteiger partial charge is 0.466 e. The van der Waals surface area contributed by atoms with Crippen LogP contribution in [0.2, 0.25) is 0 Å². The first-order valence-electron chi connectivity index (χ1n) is 8.22. The van der Waals surface area contributed by atoms with Gasteiger partial charge in [0, 0.05) is 6.54 Å². The van der Waals surface area contributed by atoms with Crippen molar-refractivity contribution in [1.29, 1.82) is 0 Å². The molecule has 3 heteroatoms. The summed E-state index contributed by atoms with van der Waals surface area (Å²) < 4.78 is 5.15. The highest BCUT2D eigenvalue weighted by Crippen LogP contribution is 2.18. The Morgan fingerprint density at radius 3 is 2.86 bits per heavy atom. The normalized spacial score (nSPS) is 19.4. The van der Waals surface area contributed by atoms with Crippen LogP contribution in [0.3, 0.4) is 0 Å². The molecule has 3 nitrogen and oxygen atoms in total. The van der Waals surface area contributed by atoms with Crippen LogP contribution in [0.1, 0.15) is 38.2 Å². The van der Waals surface area contributed by atoms with Gasteiger partial charge in [0.2, 0.25) is 0 Å². The smallest absolute Gasteiger partial charge is 0.310 e. The molecular weight excluding hydrogens is 262 g/mol. The molecule has 1 heterocycles. The summed E-state index contributed by atoms with van der Waals surface area (Å²) in [5, 5.41) is 0. The van der Waals surface area contributed by atoms with Gasteiger partial charge in [-0.25, -0.2) is 0 Å². The number of ether oxygens (including phenoxy) is 1. The number of nitrogens with zero attached hydrogens (tertiary/aromatic N) is 1. The zero-order valence-corrected chi connectivity index (χ0v) is 13.1. The lowest BCUT2D eigenvalue weighted by atomic mass is 9.98. The minimum absolute atomic E-state index is 0.00788. The number of aryl methyl sites for hydroxylation is 1. The number of benzene rings is 1. The lowest BCUT2D eigenvalue weighted by Gasteiger charge is -2.31. The van der Waals surface area contributed by atoms with Crippen molar-refractivity contribution < 1.29 is 9.53 Å². The second-order valence-electron chi connectivity index (χ2n) is 5.83. The van der Waals surface area contributed by atoms with E-state index < -0.39 is 0 Å². The molecule has 2 rings (SSSR count). The first kappa shape index (κ1) is 16.0. The van der Waals surface area contributed by atoms with Crippen LogP contribution in [0.15, 0.2) is 30.3 Å². The summed E-state index contributed by atoms with van der Waals surface area (Å²) in [5.74, 6) is 0.0827. The molecule has 0 aromatic heterocycles. The maximum Gasteiger partial charge on any atom is 0.310 e. The molecular formula is C18H27NO2. The van der Waals surface area contributed by atoms with Crippen molar-refractivity contribution in [3.8, 4) is 0 Å². The van der Waals surface area contributed by atoms with Crippen molar-refractivity contribution in [3.05, 3.63) is 35.9 Å². The molecule has 0 bridgehead atoms. The predicted octanol–water partition coefficient (Wildman–Crippen LogP) is 3.28. The van der Waals surface area contributed by atoms with Crippen LogP contribution in [0.25, 0.3) is 0 Å². The molecule has 0 unspecified atom stereocenters. The number of rotatable bonds is 7. The highest BCUT2D eigenvalue weighted by atomic mass is 16.5. The molecule has 0 radical (unpaired) electrons. The molecule has 1 aliphatic rings. The number of esters is 1. The molecule has 116 valence electrons. The number of hydrogen-bond acceptors (Lipinski definition) is 3. The third-order valence-electron chi connectivity index (χ3n) is 4.16. The second kappa shape index (κ2) is 8.83. The Morgan fingerprint density at radius 2 is 2.10 bits per heavy atom. The van der Waals surface area contributed by atoms with Crippen molar-refractivity contribution in [3.63, 3.8) is 0 Å². The number of carbonyl (C=O) groups is 1. The Morgan fingerprint density at radius 1 is 1.29 bits per heavy atom. The lowest BCUT2D eigenvalue weighted by Crippen LogP contribution is -2.39. The molecule has 0 spiro atoms. The summed E-state index contributed by atoms with van der Waals surface area (Å²) in [6.45, 7) is 5.47. The van der Waals surface area contributed by atoms with Crippen molar-refractivity contribution in [2.75, 3.05) is 26.2 Å². The Kier molecular flexibility index (Phi) is 6.74. The Hall–Kier alpha value is -1.35. The fraction of sp³-hybridized carbons (Fsp3) is 0.611. The fourth-order valence-corrected chi connectivity index (χ4v) is 3.02. The summed E-state index contributed by atoms with van der Waals surface area (Å²) in [6.07, 6.45) is 5.66. The summed E-state index contributed by atoms with van der Waals surface area (Å²) in [6, 6.07) is 10.6. The van der Waals surface area contributed by atoms with Gasteiger partial charge < -0.3 is 9.64 Å². The fourth-order valence-electron chi connectivity index (χ4n) is 3.02. The molecule has 1 fully saturated rings. The maximum atomic E-state index is 11.8. The molecule has 0 amide bonds. The van der Waals surface area contributed by atoms with Gasteiger partial charge in [-0.1, -0.05) is 30.3 Å². The molecule has 1 atom stereocenters. The molecule has 1 aliphatic heterocycles. The molecule has 1 aromatic carbocycles. The van der Waals surface area contributed by atoms with E-state index in [-0.39, 0.29) is 11.9 Å². The summed E-state index contributed by atoms with van der Waals surface area (Å²) >= 11 is 0. The molecule has 0 aliphatic carbocycles. The molecule has 0 saturated carbocycles. The van der Waals surface area contributed by atoms with E-state index in [1.54, 1.807) is 0 Å². The Labute approximate surface area is 128 Å². The average molecular weight is 289 g/mol. The van der Waals surface area contributed by atoms with Gasteiger partial charge in [-0.05, 0) is 57.7 Å². The zero-order valence-electron chi connectivity index (χ0n) is 13.1. The highest BCUT2D eigenvalue weighted by Gasteiger charge is 2.26. The minimum atomic E-state index is -0.00788. The first-order chi connectivity index (χ1) is 10.3. The monoisotopic (exact) mass is 289 g/mol. The summed E-state index contributed by atoms with van der Waals surface area (Å²) in [7, 11) is 0. The van der Waals surface area contributed by atoms with Gasteiger partial charge >= 0.3 is 5.97 Å². The van der Waals surface area contributed by atoms with Crippen LogP contribution < -0.4 is 0 Å². The Bertz CT molecular complexity index is 418. The number of likely N-dealkylation sites (tertiary alicyclic amines) is 1. The van der Waals surface area contributed by atoms with E-state index in [0.29, 0.717) is 6.61 Å². The minimum Gasteiger partial charge on any atom is -0.466 e. The molecule has 1 aromatic rings. The van der Waals surface area contributed by atoms with E-state index in [1.807, 2.05) is 6.92 Å². The van der Waals surface area contributed by atoms with E-state index in [2.05, 4.69) is 35.2 Å². The van der Waals surface area contributed by atoms with Crippen LogP contribution in [0.5, 0.6) is 0 Å². The van der Waals surface area contributed by atoms with Gasteiger partial charge in [0.15, 0.2) is 0 Å². The molecule has 1 saturated heterocycles. The maximum absolute atomic E-state index is 11.8. The summed E-state index contributed by atoms with van der Waals surface area (Å²) in [4.78, 5) is 14.2. The van der Waals surface area contributed by atoms with Gasteiger partial charge in [-0.15, -0.1) is 0 Å². The van der Waals surface area contributed by atoms with Crippen molar-refractivity contribution in [2.24, 2.45) is 5.92 Å². The van der Waals surface area contributed by atoms with Crippen LogP contribution in [0.4, 0.5) is 0 Å². The summed E-state index contributed by atoms with van der Waals surface area (Å²) in [5.41, 5.74) is 1.42. The lowest BCUT2D eigenvalue weighted by molar-refractivity contribution is -0.149. The van der Waals surface area contributed by atoms with E-state index in [4.69, 9.17) is 4.74 Å². The number of hydrogen-bond donors (Lipinski definition) is 0. The van der Waals surface area contributed by atoms with Gasteiger partial charge in [-0.2, -0.15) is 0 Å². The quantitative estimate of drug-likeness (QED) is 0.570. The zero-order chi connectivity index (χ0) is 14.9. The van der Waals surface area contributed by atoms with Crippen LogP contribution in [-0.2, 0) is 16.0 Å². The molecule has 21 heavy (non-hydrogen) atoms. The second-order valence-corrected chi connectivity index (χ2v) is 5.83. The van der Waals surface area contributed by atoms with Gasteiger partial charge in [0.05, 0.1) is 12.5 Å². The van der Waals surface area contributed by atoms with Crippen LogP contribution >= 0.6 is 0 Å². The van der Waals surface area contributed by atoms with E-state index in [0.717, 1.165) is 38.9 Å². The predicted molar refractivity (Wildman–Crippen MR) is 85.2 cm³/mol. The average Bonchev–Trinajstić information content (AvgIpc) is 2.53. The number of piperidine rings is 1. The standard InChI is InChI=1S/C18H27NO2/c1-2-21-18(20)17-12-8-14-19(15-17)13-7-6-11-16-9-4-3-5-10-16/h3-5,9-10,17H,2,6-8,11-15H2,1H3/t17-/m0/s1. The SMILES string of the molecule is CCOC(=O)[C@H]1CCCN(CCCCc2ccccc2)C1. The highest BCUT2D eigenvalue weighted by molar-refractivity contribution is 5.72. The van der Waals surface area contributed by atoms with Gasteiger partial charge in [-0.3, -0.25) is 4.79 Å². The number of carbonyl (C=O) groups excluding carboxylic acids is 1. The van der Waals surface area contributed by atoms with E-state index in [9.17, 15) is 4.79 Å². The molecule has 0 N–H and O–H groups in total. The van der Waals surface area contributed by atoms with Gasteiger partial charge in [0.1, 0.15) is 0 Å². The topological polar surface area (TPSA) is 29.5 Å². The number of unbranched alkanes of at least 4 members (excludes halogenated alkanes) is 1. The van der Waals surface area contributed by atoms with Crippen molar-refractivity contribution in [2.45, 2.75) is 39.0 Å². The van der Waals surface area contributed by atoms with Crippen LogP contribution in [-0.4, -0.2) is 37.1 Å². The van der Waals surface area contributed by atoms with E-state index >= 15 is 0 Å². The van der Waals surface area contributed by atoms with Gasteiger partial charge in [0.25, 0.3) is 0 Å². The third-order valence-corrected chi connectivity index (χ3v) is 4.16. The van der Waals surface area contributed by atoms with Crippen molar-refractivity contribution in [1.82, 2.24) is 4.90 Å².